The first kappa shape index (κ1) is 28.4. The van der Waals surface area contributed by atoms with Crippen molar-refractivity contribution in [3.8, 4) is 16.9 Å². The van der Waals surface area contributed by atoms with Crippen LogP contribution in [0.4, 0.5) is 5.69 Å². The number of sulfonamides is 1. The van der Waals surface area contributed by atoms with E-state index >= 15 is 0 Å². The van der Waals surface area contributed by atoms with E-state index in [1.165, 1.54) is 4.57 Å². The van der Waals surface area contributed by atoms with Gasteiger partial charge in [-0.2, -0.15) is 0 Å². The maximum Gasteiger partial charge on any atom is 0.331 e. The minimum Gasteiger partial charge on any atom is -0.331 e. The zero-order chi connectivity index (χ0) is 28.8. The van der Waals surface area contributed by atoms with Crippen LogP contribution in [0.5, 0.6) is 0 Å². The van der Waals surface area contributed by atoms with E-state index in [0.29, 0.717) is 49.4 Å². The van der Waals surface area contributed by atoms with E-state index in [0.717, 1.165) is 12.0 Å². The Labute approximate surface area is 240 Å². The molecule has 3 N–H and O–H groups in total. The molecule has 2 heterocycles. The summed E-state index contributed by atoms with van der Waals surface area (Å²) in [6.45, 7) is 3.70. The minimum atomic E-state index is -3.64. The highest BCUT2D eigenvalue weighted by molar-refractivity contribution is 7.92. The molecule has 1 saturated heterocycles. The zero-order valence-corrected chi connectivity index (χ0v) is 23.9. The molecule has 0 radical (unpaired) electrons. The molecule has 0 bridgehead atoms. The number of piperazine rings is 1. The average molecular weight is 574 g/mol. The number of anilines is 1. The highest BCUT2D eigenvalue weighted by Crippen LogP contribution is 2.30. The average Bonchev–Trinajstić information content (AvgIpc) is 3.34. The number of para-hydroxylation sites is 2. The molecule has 1 fully saturated rings. The minimum absolute atomic E-state index is 0.0268. The highest BCUT2D eigenvalue weighted by atomic mass is 32.2. The Bertz CT molecular complexity index is 1650. The van der Waals surface area contributed by atoms with Gasteiger partial charge in [0, 0.05) is 31.2 Å². The zero-order valence-electron chi connectivity index (χ0n) is 23.0. The van der Waals surface area contributed by atoms with Crippen molar-refractivity contribution >= 4 is 21.6 Å². The largest absolute Gasteiger partial charge is 0.331 e. The number of nitrogens with one attached hydrogen (secondary N) is 3. The maximum atomic E-state index is 14.2. The number of hydrogen-bond acceptors (Lipinski definition) is 5. The van der Waals surface area contributed by atoms with Crippen LogP contribution in [-0.4, -0.2) is 60.2 Å². The van der Waals surface area contributed by atoms with Crippen LogP contribution in [0.3, 0.4) is 0 Å². The highest BCUT2D eigenvalue weighted by Gasteiger charge is 2.32. The molecule has 9 nitrogen and oxygen atoms in total. The number of amides is 1. The fourth-order valence-electron chi connectivity index (χ4n) is 5.24. The summed E-state index contributed by atoms with van der Waals surface area (Å²) in [6, 6.07) is 25.9. The third-order valence-corrected chi connectivity index (χ3v) is 8.62. The molecule has 0 aliphatic carbocycles. The summed E-state index contributed by atoms with van der Waals surface area (Å²) in [5, 5.41) is 3.39. The van der Waals surface area contributed by atoms with Crippen LogP contribution in [0.2, 0.25) is 0 Å². The van der Waals surface area contributed by atoms with Crippen LogP contribution in [0.1, 0.15) is 35.8 Å². The second-order valence-corrected chi connectivity index (χ2v) is 12.0. The van der Waals surface area contributed by atoms with E-state index in [-0.39, 0.29) is 29.1 Å². The van der Waals surface area contributed by atoms with Crippen molar-refractivity contribution in [1.82, 2.24) is 19.8 Å². The van der Waals surface area contributed by atoms with E-state index in [4.69, 9.17) is 0 Å². The first-order chi connectivity index (χ1) is 19.9. The van der Waals surface area contributed by atoms with Crippen LogP contribution in [0.15, 0.2) is 89.7 Å². The molecule has 41 heavy (non-hydrogen) atoms. The van der Waals surface area contributed by atoms with Gasteiger partial charge in [0.25, 0.3) is 5.91 Å². The quantitative estimate of drug-likeness (QED) is 0.265. The molecule has 1 atom stereocenters. The molecule has 0 spiro atoms. The Morgan fingerprint density at radius 1 is 0.976 bits per heavy atom. The van der Waals surface area contributed by atoms with Gasteiger partial charge in [0.1, 0.15) is 5.69 Å². The van der Waals surface area contributed by atoms with E-state index in [9.17, 15) is 18.0 Å². The van der Waals surface area contributed by atoms with E-state index in [1.807, 2.05) is 72.5 Å². The summed E-state index contributed by atoms with van der Waals surface area (Å²) in [6.07, 6.45) is 1.93. The van der Waals surface area contributed by atoms with Crippen LogP contribution in [0.25, 0.3) is 16.9 Å². The number of nitrogens with zero attached hydrogens (tertiary/aromatic N) is 2. The molecule has 1 aliphatic heterocycles. The number of carbonyl (C=O) groups excluding carboxylic acids is 1. The number of unbranched alkanes of at least 4 members (excludes halogenated alkanes) is 1. The van der Waals surface area contributed by atoms with Gasteiger partial charge in [-0.1, -0.05) is 86.1 Å². The van der Waals surface area contributed by atoms with Gasteiger partial charge in [0.05, 0.1) is 22.8 Å². The Morgan fingerprint density at radius 3 is 2.39 bits per heavy atom. The van der Waals surface area contributed by atoms with Crippen molar-refractivity contribution in [1.29, 1.82) is 0 Å². The molecule has 1 amide bonds. The van der Waals surface area contributed by atoms with E-state index in [2.05, 4.69) is 15.0 Å². The molecule has 1 unspecified atom stereocenters. The van der Waals surface area contributed by atoms with Gasteiger partial charge in [-0.15, -0.1) is 0 Å². The Morgan fingerprint density at radius 2 is 1.66 bits per heavy atom. The number of hydrogen-bond donors (Lipinski definition) is 3. The summed E-state index contributed by atoms with van der Waals surface area (Å²) in [5.41, 5.74) is 2.42. The molecular weight excluding hydrogens is 538 g/mol. The summed E-state index contributed by atoms with van der Waals surface area (Å²) in [4.78, 5) is 32.5. The molecule has 0 saturated carbocycles. The number of aromatic nitrogens is 2. The van der Waals surface area contributed by atoms with Crippen molar-refractivity contribution in [3.05, 3.63) is 107 Å². The lowest BCUT2D eigenvalue weighted by Crippen LogP contribution is -2.54. The summed E-state index contributed by atoms with van der Waals surface area (Å²) >= 11 is 0. The fraction of sp³-hybridized carbons (Fsp3) is 0.290. The second-order valence-electron chi connectivity index (χ2n) is 10.2. The smallest absolute Gasteiger partial charge is 0.331 e. The van der Waals surface area contributed by atoms with Gasteiger partial charge < -0.3 is 15.2 Å². The third-order valence-electron chi connectivity index (χ3n) is 7.26. The molecule has 1 aromatic heterocycles. The van der Waals surface area contributed by atoms with Gasteiger partial charge in [0.15, 0.2) is 0 Å². The normalized spacial score (nSPS) is 15.5. The van der Waals surface area contributed by atoms with Crippen LogP contribution < -0.4 is 15.7 Å². The molecule has 3 aromatic carbocycles. The van der Waals surface area contributed by atoms with Crippen LogP contribution in [-0.2, 0) is 16.4 Å². The van der Waals surface area contributed by atoms with Gasteiger partial charge in [-0.05, 0) is 30.5 Å². The lowest BCUT2D eigenvalue weighted by molar-refractivity contribution is 0.0631. The van der Waals surface area contributed by atoms with Crippen LogP contribution >= 0.6 is 0 Å². The Kier molecular flexibility index (Phi) is 8.70. The molecule has 1 aliphatic rings. The van der Waals surface area contributed by atoms with E-state index < -0.39 is 15.7 Å². The molecule has 4 aromatic rings. The number of benzene rings is 3. The van der Waals surface area contributed by atoms with Crippen molar-refractivity contribution < 1.29 is 13.2 Å². The van der Waals surface area contributed by atoms with Gasteiger partial charge in [-0.3, -0.25) is 14.1 Å². The summed E-state index contributed by atoms with van der Waals surface area (Å²) in [7, 11) is -3.64. The Hall–Kier alpha value is -4.15. The topological polar surface area (TPSA) is 116 Å². The van der Waals surface area contributed by atoms with Gasteiger partial charge in [-0.25, -0.2) is 13.2 Å². The van der Waals surface area contributed by atoms with Crippen molar-refractivity contribution in [2.24, 2.45) is 0 Å². The number of carbonyl (C=O) groups is 1. The fourth-order valence-corrected chi connectivity index (χ4v) is 6.52. The lowest BCUT2D eigenvalue weighted by atomic mass is 10.0. The number of aromatic amines is 1. The van der Waals surface area contributed by atoms with Crippen molar-refractivity contribution in [2.45, 2.75) is 32.2 Å². The number of H-pyrrole nitrogens is 1. The lowest BCUT2D eigenvalue weighted by Gasteiger charge is -2.36. The van der Waals surface area contributed by atoms with Crippen LogP contribution in [0, 0.1) is 0 Å². The molecular formula is C31H35N5O4S. The summed E-state index contributed by atoms with van der Waals surface area (Å²) in [5.74, 6) is -0.302. The number of imidazole rings is 1. The Balaban J connectivity index is 1.60. The van der Waals surface area contributed by atoms with Crippen molar-refractivity contribution in [2.75, 3.05) is 30.1 Å². The molecule has 214 valence electrons. The number of rotatable bonds is 10. The SMILES string of the molecule is CCCCS(=O)(=O)Nc1ccccc1-n1c(-c2ccccc2)c(C(=O)N2CCNCC2Cc2ccccc2)[nH]c1=O. The molecule has 5 rings (SSSR count). The standard InChI is InChI=1S/C31H35N5O4S/c1-2-3-20-41(39,40)34-26-16-10-11-17-27(26)36-29(24-14-8-5-9-15-24)28(33-31(36)38)30(37)35-19-18-32-22-25(35)21-23-12-6-4-7-13-23/h4-17,25,32,34H,2-3,18-22H2,1H3,(H,33,38). The van der Waals surface area contributed by atoms with Crippen molar-refractivity contribution in [3.63, 3.8) is 0 Å². The summed E-state index contributed by atoms with van der Waals surface area (Å²) < 4.78 is 29.7. The molecule has 10 heteroatoms. The van der Waals surface area contributed by atoms with E-state index in [1.54, 1.807) is 24.3 Å². The van der Waals surface area contributed by atoms with Gasteiger partial charge >= 0.3 is 5.69 Å². The predicted molar refractivity (Wildman–Crippen MR) is 162 cm³/mol. The first-order valence-corrected chi connectivity index (χ1v) is 15.6. The maximum absolute atomic E-state index is 14.2. The monoisotopic (exact) mass is 573 g/mol. The predicted octanol–water partition coefficient (Wildman–Crippen LogP) is 4.03. The third kappa shape index (κ3) is 6.44. The van der Waals surface area contributed by atoms with Gasteiger partial charge in [0.2, 0.25) is 10.0 Å². The second kappa shape index (κ2) is 12.6. The first-order valence-electron chi connectivity index (χ1n) is 13.9.